The number of aryl methyl sites for hydroxylation is 1. The van der Waals surface area contributed by atoms with E-state index in [0.29, 0.717) is 0 Å². The zero-order valence-corrected chi connectivity index (χ0v) is 13.1. The van der Waals surface area contributed by atoms with E-state index in [9.17, 15) is 0 Å². The van der Waals surface area contributed by atoms with Gasteiger partial charge in [-0.15, -0.1) is 11.3 Å². The van der Waals surface area contributed by atoms with Gasteiger partial charge in [-0.2, -0.15) is 5.10 Å². The van der Waals surface area contributed by atoms with Crippen molar-refractivity contribution in [1.29, 1.82) is 0 Å². The molecule has 2 rings (SSSR count). The Morgan fingerprint density at radius 1 is 1.21 bits per heavy atom. The summed E-state index contributed by atoms with van der Waals surface area (Å²) in [5.41, 5.74) is 3.87. The molecular weight excluding hydrogens is 254 g/mol. The summed E-state index contributed by atoms with van der Waals surface area (Å²) >= 11 is 1.88. The van der Waals surface area contributed by atoms with Gasteiger partial charge in [-0.05, 0) is 44.5 Å². The molecule has 0 radical (unpaired) electrons. The summed E-state index contributed by atoms with van der Waals surface area (Å²) in [5, 5.41) is 8.02. The van der Waals surface area contributed by atoms with Gasteiger partial charge in [-0.3, -0.25) is 4.68 Å². The summed E-state index contributed by atoms with van der Waals surface area (Å²) in [4.78, 5) is 2.77. The van der Waals surface area contributed by atoms with Crippen LogP contribution in [0.4, 0.5) is 0 Å². The lowest BCUT2D eigenvalue weighted by molar-refractivity contribution is 0.665. The maximum atomic E-state index is 4.66. The van der Waals surface area contributed by atoms with Crippen LogP contribution in [0.2, 0.25) is 0 Å². The van der Waals surface area contributed by atoms with Gasteiger partial charge in [0.2, 0.25) is 0 Å². The third-order valence-corrected chi connectivity index (χ3v) is 4.53. The topological polar surface area (TPSA) is 29.9 Å². The van der Waals surface area contributed by atoms with E-state index in [1.165, 1.54) is 26.7 Å². The normalized spacial score (nSPS) is 11.2. The third kappa shape index (κ3) is 3.25. The number of rotatable bonds is 6. The Kier molecular flexibility index (Phi) is 4.77. The number of hydrogen-bond donors (Lipinski definition) is 1. The molecule has 0 aliphatic rings. The highest BCUT2D eigenvalue weighted by atomic mass is 32.1. The second-order valence-corrected chi connectivity index (χ2v) is 6.06. The highest BCUT2D eigenvalue weighted by Gasteiger charge is 2.10. The Morgan fingerprint density at radius 2 is 1.95 bits per heavy atom. The Labute approximate surface area is 119 Å². The molecule has 0 aliphatic heterocycles. The summed E-state index contributed by atoms with van der Waals surface area (Å²) in [5.74, 6) is 0. The molecule has 104 valence electrons. The quantitative estimate of drug-likeness (QED) is 0.878. The van der Waals surface area contributed by atoms with Crippen molar-refractivity contribution in [3.8, 4) is 0 Å². The van der Waals surface area contributed by atoms with E-state index >= 15 is 0 Å². The Bertz CT molecular complexity index is 540. The summed E-state index contributed by atoms with van der Waals surface area (Å²) in [7, 11) is 0. The lowest BCUT2D eigenvalue weighted by Gasteiger charge is -2.03. The summed E-state index contributed by atoms with van der Waals surface area (Å²) < 4.78 is 2.14. The summed E-state index contributed by atoms with van der Waals surface area (Å²) in [6.45, 7) is 11.5. The molecule has 0 unspecified atom stereocenters. The minimum Gasteiger partial charge on any atom is -0.312 e. The maximum absolute atomic E-state index is 4.66. The van der Waals surface area contributed by atoms with Gasteiger partial charge < -0.3 is 5.32 Å². The van der Waals surface area contributed by atoms with Crippen molar-refractivity contribution < 1.29 is 0 Å². The van der Waals surface area contributed by atoms with Crippen LogP contribution in [0.25, 0.3) is 0 Å². The number of hydrogen-bond acceptors (Lipinski definition) is 3. The molecule has 0 saturated heterocycles. The minimum atomic E-state index is 0.892. The van der Waals surface area contributed by atoms with Crippen molar-refractivity contribution in [2.45, 2.75) is 47.2 Å². The van der Waals surface area contributed by atoms with Gasteiger partial charge in [0.1, 0.15) is 0 Å². The first kappa shape index (κ1) is 14.3. The first-order valence-electron chi connectivity index (χ1n) is 6.96. The van der Waals surface area contributed by atoms with Crippen molar-refractivity contribution in [2.75, 3.05) is 6.54 Å². The second kappa shape index (κ2) is 6.35. The van der Waals surface area contributed by atoms with Gasteiger partial charge in [0.05, 0.1) is 12.2 Å². The average Bonchev–Trinajstić information content (AvgIpc) is 2.93. The fraction of sp³-hybridized carbons (Fsp3) is 0.533. The predicted molar refractivity (Wildman–Crippen MR) is 81.9 cm³/mol. The van der Waals surface area contributed by atoms with E-state index in [-0.39, 0.29) is 0 Å². The van der Waals surface area contributed by atoms with Gasteiger partial charge in [-0.1, -0.05) is 13.8 Å². The van der Waals surface area contributed by atoms with E-state index in [2.05, 4.69) is 54.9 Å². The molecule has 19 heavy (non-hydrogen) atoms. The highest BCUT2D eigenvalue weighted by Crippen LogP contribution is 2.20. The fourth-order valence-corrected chi connectivity index (χ4v) is 3.37. The van der Waals surface area contributed by atoms with Gasteiger partial charge in [0, 0.05) is 22.0 Å². The number of thiophene rings is 1. The molecule has 0 fully saturated rings. The minimum absolute atomic E-state index is 0.892. The molecular formula is C15H23N3S. The largest absolute Gasteiger partial charge is 0.312 e. The van der Waals surface area contributed by atoms with E-state index in [0.717, 1.165) is 26.1 Å². The fourth-order valence-electron chi connectivity index (χ4n) is 2.40. The van der Waals surface area contributed by atoms with Crippen molar-refractivity contribution >= 4 is 11.3 Å². The molecule has 0 bridgehead atoms. The SMILES string of the molecule is CCNCc1ccc(Cn2nc(C)c(CC)c2C)s1. The maximum Gasteiger partial charge on any atom is 0.0755 e. The van der Waals surface area contributed by atoms with Crippen LogP contribution in [0.5, 0.6) is 0 Å². The molecule has 3 nitrogen and oxygen atoms in total. The van der Waals surface area contributed by atoms with E-state index in [1.807, 2.05) is 11.3 Å². The molecule has 2 heterocycles. The van der Waals surface area contributed by atoms with Crippen LogP contribution in [0.15, 0.2) is 12.1 Å². The van der Waals surface area contributed by atoms with Crippen molar-refractivity contribution in [1.82, 2.24) is 15.1 Å². The zero-order valence-electron chi connectivity index (χ0n) is 12.3. The van der Waals surface area contributed by atoms with Crippen LogP contribution >= 0.6 is 11.3 Å². The Balaban J connectivity index is 2.10. The van der Waals surface area contributed by atoms with Crippen LogP contribution in [-0.2, 0) is 19.5 Å². The van der Waals surface area contributed by atoms with Crippen molar-refractivity contribution in [3.05, 3.63) is 38.8 Å². The van der Waals surface area contributed by atoms with Crippen molar-refractivity contribution in [3.63, 3.8) is 0 Å². The molecule has 0 aromatic carbocycles. The number of nitrogens with zero attached hydrogens (tertiary/aromatic N) is 2. The van der Waals surface area contributed by atoms with E-state index in [4.69, 9.17) is 0 Å². The molecule has 0 atom stereocenters. The van der Waals surface area contributed by atoms with Crippen LogP contribution in [-0.4, -0.2) is 16.3 Å². The second-order valence-electron chi connectivity index (χ2n) is 4.81. The molecule has 4 heteroatoms. The van der Waals surface area contributed by atoms with E-state index in [1.54, 1.807) is 0 Å². The monoisotopic (exact) mass is 277 g/mol. The molecule has 0 aliphatic carbocycles. The Morgan fingerprint density at radius 3 is 2.58 bits per heavy atom. The highest BCUT2D eigenvalue weighted by molar-refractivity contribution is 7.11. The lowest BCUT2D eigenvalue weighted by atomic mass is 10.1. The number of nitrogens with one attached hydrogen (secondary N) is 1. The number of aromatic nitrogens is 2. The molecule has 2 aromatic rings. The predicted octanol–water partition coefficient (Wildman–Crippen LogP) is 3.28. The van der Waals surface area contributed by atoms with Gasteiger partial charge in [-0.25, -0.2) is 0 Å². The smallest absolute Gasteiger partial charge is 0.0755 e. The molecule has 0 saturated carbocycles. The summed E-state index contributed by atoms with van der Waals surface area (Å²) in [6, 6.07) is 4.44. The van der Waals surface area contributed by atoms with Crippen LogP contribution < -0.4 is 5.32 Å². The standard InChI is InChI=1S/C15H23N3S/c1-5-15-11(3)17-18(12(15)4)10-14-8-7-13(19-14)9-16-6-2/h7-8,16H,5-6,9-10H2,1-4H3. The molecule has 0 amide bonds. The van der Waals surface area contributed by atoms with E-state index < -0.39 is 0 Å². The van der Waals surface area contributed by atoms with Crippen LogP contribution in [0.1, 0.15) is 40.6 Å². The van der Waals surface area contributed by atoms with Gasteiger partial charge >= 0.3 is 0 Å². The first-order chi connectivity index (χ1) is 9.15. The lowest BCUT2D eigenvalue weighted by Crippen LogP contribution is -2.10. The van der Waals surface area contributed by atoms with Gasteiger partial charge in [0.15, 0.2) is 0 Å². The van der Waals surface area contributed by atoms with Crippen LogP contribution in [0, 0.1) is 13.8 Å². The van der Waals surface area contributed by atoms with Crippen LogP contribution in [0.3, 0.4) is 0 Å². The zero-order chi connectivity index (χ0) is 13.8. The molecule has 0 spiro atoms. The van der Waals surface area contributed by atoms with Crippen molar-refractivity contribution in [2.24, 2.45) is 0 Å². The third-order valence-electron chi connectivity index (χ3n) is 3.46. The van der Waals surface area contributed by atoms with Gasteiger partial charge in [0.25, 0.3) is 0 Å². The Hall–Kier alpha value is -1.13. The average molecular weight is 277 g/mol. The first-order valence-corrected chi connectivity index (χ1v) is 7.78. The molecule has 2 aromatic heterocycles. The molecule has 1 N–H and O–H groups in total. The summed E-state index contributed by atoms with van der Waals surface area (Å²) in [6.07, 6.45) is 1.06.